The Kier molecular flexibility index (Phi) is 0.813. The van der Waals surface area contributed by atoms with Crippen molar-refractivity contribution in [3.8, 4) is 0 Å². The predicted molar refractivity (Wildman–Crippen MR) is 22.0 cm³/mol. The molecule has 1 radical (unpaired) electrons. The van der Waals surface area contributed by atoms with Crippen molar-refractivity contribution >= 4 is 11.9 Å². The fraction of sp³-hybridized carbons (Fsp3) is 0. The molecule has 2 nitrogen and oxygen atoms in total. The van der Waals surface area contributed by atoms with E-state index >= 15 is 0 Å². The third-order valence-corrected chi connectivity index (χ3v) is 0.777. The van der Waals surface area contributed by atoms with E-state index in [4.69, 9.17) is 0 Å². The molecule has 0 saturated carbocycles. The first kappa shape index (κ1) is 3.06. The van der Waals surface area contributed by atoms with E-state index in [1.54, 1.807) is 6.20 Å². The van der Waals surface area contributed by atoms with Gasteiger partial charge in [0.2, 0.25) is 0 Å². The van der Waals surface area contributed by atoms with E-state index in [1.807, 2.05) is 5.41 Å². The summed E-state index contributed by atoms with van der Waals surface area (Å²) in [4.78, 5) is 3.64. The van der Waals surface area contributed by atoms with Gasteiger partial charge in [-0.15, -0.1) is 0 Å². The minimum absolute atomic E-state index is 1.41. The molecular weight excluding hydrogens is 84.1 g/mol. The monoisotopic (exact) mass is 87.0 g/mol. The first-order valence-electron chi connectivity index (χ1n) is 1.26. The summed E-state index contributed by atoms with van der Waals surface area (Å²) in [5.74, 6) is 0. The Morgan fingerprint density at radius 1 is 1.80 bits per heavy atom. The second-order valence-corrected chi connectivity index (χ2v) is 1.29. The Morgan fingerprint density at radius 3 is 3.00 bits per heavy atom. The molecule has 1 N–H and O–H groups in total. The van der Waals surface area contributed by atoms with Crippen LogP contribution in [-0.4, -0.2) is 0 Å². The van der Waals surface area contributed by atoms with Gasteiger partial charge in [-0.2, -0.15) is 0 Å². The largest absolute Gasteiger partial charge is 0.300 e. The molecule has 0 aromatic carbocycles. The summed E-state index contributed by atoms with van der Waals surface area (Å²) >= 11 is 1.41. The Morgan fingerprint density at radius 2 is 2.80 bits per heavy atom. The van der Waals surface area contributed by atoms with Gasteiger partial charge in [0.05, 0.1) is 0 Å². The average molecular weight is 87.1 g/mol. The Labute approximate surface area is 34.7 Å². The molecule has 0 saturated heterocycles. The zero-order valence-corrected chi connectivity index (χ0v) is 3.33. The molecule has 1 aliphatic rings. The average Bonchev–Trinajstić information content (AvgIpc) is 1.76. The molecule has 0 fully saturated rings. The topological polar surface area (TPSA) is 26.1 Å². The van der Waals surface area contributed by atoms with Gasteiger partial charge < -0.3 is 0 Å². The van der Waals surface area contributed by atoms with Crippen LogP contribution in [0.2, 0.25) is 0 Å². The molecular formula is C2H3N2S. The maximum absolute atomic E-state index is 3.64. The number of nitrogens with zero attached hydrogens (tertiary/aromatic N) is 1. The van der Waals surface area contributed by atoms with Crippen molar-refractivity contribution in [2.24, 2.45) is 0 Å². The highest BCUT2D eigenvalue weighted by Gasteiger charge is 1.83. The van der Waals surface area contributed by atoms with Gasteiger partial charge in [0.15, 0.2) is 0 Å². The van der Waals surface area contributed by atoms with Gasteiger partial charge in [0.25, 0.3) is 0 Å². The highest BCUT2D eigenvalue weighted by molar-refractivity contribution is 8.00. The summed E-state index contributed by atoms with van der Waals surface area (Å²) in [6.45, 7) is 0. The van der Waals surface area contributed by atoms with Crippen LogP contribution in [0.25, 0.3) is 0 Å². The van der Waals surface area contributed by atoms with Crippen molar-refractivity contribution in [2.75, 3.05) is 0 Å². The number of rotatable bonds is 0. The second-order valence-electron chi connectivity index (χ2n) is 0.629. The van der Waals surface area contributed by atoms with Crippen LogP contribution in [0.3, 0.4) is 0 Å². The lowest BCUT2D eigenvalue weighted by molar-refractivity contribution is 0.881. The van der Waals surface area contributed by atoms with Gasteiger partial charge in [0.1, 0.15) is 0 Å². The first-order valence-corrected chi connectivity index (χ1v) is 2.10. The summed E-state index contributed by atoms with van der Waals surface area (Å²) in [5, 5.41) is 1.88. The maximum atomic E-state index is 3.64. The molecule has 0 aliphatic carbocycles. The van der Waals surface area contributed by atoms with Crippen molar-refractivity contribution in [2.45, 2.75) is 0 Å². The minimum atomic E-state index is 1.41. The van der Waals surface area contributed by atoms with Crippen LogP contribution in [-0.2, 0) is 0 Å². The van der Waals surface area contributed by atoms with E-state index in [2.05, 4.69) is 10.3 Å². The van der Waals surface area contributed by atoms with Gasteiger partial charge in [0, 0.05) is 11.6 Å². The smallest absolute Gasteiger partial charge is 0.0229 e. The fourth-order valence-electron chi connectivity index (χ4n) is 0.152. The summed E-state index contributed by atoms with van der Waals surface area (Å²) < 4.78 is 0. The van der Waals surface area contributed by atoms with Crippen molar-refractivity contribution in [1.82, 2.24) is 10.3 Å². The second kappa shape index (κ2) is 1.33. The third kappa shape index (κ3) is 0.560. The van der Waals surface area contributed by atoms with Crippen LogP contribution < -0.4 is 10.3 Å². The fourth-order valence-corrected chi connectivity index (χ4v) is 0.456. The van der Waals surface area contributed by atoms with E-state index in [-0.39, 0.29) is 0 Å². The minimum Gasteiger partial charge on any atom is -0.300 e. The molecule has 27 valence electrons. The van der Waals surface area contributed by atoms with E-state index in [0.29, 0.717) is 0 Å². The van der Waals surface area contributed by atoms with Crippen molar-refractivity contribution in [3.05, 3.63) is 11.6 Å². The van der Waals surface area contributed by atoms with Crippen molar-refractivity contribution in [1.29, 1.82) is 0 Å². The van der Waals surface area contributed by atoms with E-state index in [9.17, 15) is 0 Å². The number of nitrogens with one attached hydrogen (secondary N) is 1. The zero-order valence-electron chi connectivity index (χ0n) is 2.51. The van der Waals surface area contributed by atoms with E-state index in [1.165, 1.54) is 11.9 Å². The maximum Gasteiger partial charge on any atom is 0.0229 e. The molecule has 5 heavy (non-hydrogen) atoms. The first-order chi connectivity index (χ1) is 2.50. The SMILES string of the molecule is C1=CS[N]N1. The van der Waals surface area contributed by atoms with Crippen LogP contribution in [0.4, 0.5) is 0 Å². The van der Waals surface area contributed by atoms with Crippen LogP contribution in [0, 0.1) is 0 Å². The van der Waals surface area contributed by atoms with Gasteiger partial charge in [-0.05, 0) is 11.9 Å². The predicted octanol–water partition coefficient (Wildman–Crippen LogP) is 0.228. The molecule has 1 rings (SSSR count). The van der Waals surface area contributed by atoms with Gasteiger partial charge in [-0.1, -0.05) is 4.83 Å². The van der Waals surface area contributed by atoms with E-state index < -0.39 is 0 Å². The highest BCUT2D eigenvalue weighted by Crippen LogP contribution is 1.97. The molecule has 0 amide bonds. The lowest BCUT2D eigenvalue weighted by atomic mass is 11.1. The Bertz CT molecular complexity index is 45.6. The normalized spacial score (nSPS) is 19.2. The third-order valence-electron chi connectivity index (χ3n) is 0.309. The summed E-state index contributed by atoms with van der Waals surface area (Å²) in [7, 11) is 0. The number of hydrogen-bond acceptors (Lipinski definition) is 2. The van der Waals surface area contributed by atoms with Crippen LogP contribution in [0.5, 0.6) is 0 Å². The van der Waals surface area contributed by atoms with Gasteiger partial charge >= 0.3 is 0 Å². The van der Waals surface area contributed by atoms with E-state index in [0.717, 1.165) is 0 Å². The van der Waals surface area contributed by atoms with Crippen LogP contribution in [0.15, 0.2) is 11.6 Å². The molecule has 1 heterocycles. The molecule has 1 aliphatic heterocycles. The molecule has 0 unspecified atom stereocenters. The summed E-state index contributed by atoms with van der Waals surface area (Å²) in [5.41, 5.74) is 2.63. The lowest BCUT2D eigenvalue weighted by Crippen LogP contribution is -2.02. The molecule has 0 atom stereocenters. The van der Waals surface area contributed by atoms with Crippen molar-refractivity contribution in [3.63, 3.8) is 0 Å². The zero-order chi connectivity index (χ0) is 3.54. The molecule has 0 aromatic heterocycles. The standard InChI is InChI=1S/C2H3N2S/c1-2-5-4-3-1/h1-3H. The highest BCUT2D eigenvalue weighted by atomic mass is 32.2. The summed E-state index contributed by atoms with van der Waals surface area (Å²) in [6.07, 6.45) is 1.78. The van der Waals surface area contributed by atoms with Crippen LogP contribution in [0.1, 0.15) is 0 Å². The summed E-state index contributed by atoms with van der Waals surface area (Å²) in [6, 6.07) is 0. The number of hydrogen-bond donors (Lipinski definition) is 1. The molecule has 3 heteroatoms. The quantitative estimate of drug-likeness (QED) is 0.428. The molecule has 0 aromatic rings. The van der Waals surface area contributed by atoms with Crippen molar-refractivity contribution < 1.29 is 0 Å². The molecule has 0 spiro atoms. The lowest BCUT2D eigenvalue weighted by Gasteiger charge is -1.76. The molecule has 0 bridgehead atoms. The van der Waals surface area contributed by atoms with Gasteiger partial charge in [-0.25, -0.2) is 0 Å². The Hall–Kier alpha value is -0.150. The Balaban J connectivity index is 2.32. The van der Waals surface area contributed by atoms with Gasteiger partial charge in [-0.3, -0.25) is 5.43 Å². The van der Waals surface area contributed by atoms with Crippen LogP contribution >= 0.6 is 11.9 Å².